The molecule has 21 nitrogen and oxygen atoms in total. The van der Waals surface area contributed by atoms with Gasteiger partial charge in [0.15, 0.2) is 6.29 Å². The summed E-state index contributed by atoms with van der Waals surface area (Å²) in [5.41, 5.74) is 6.75. The third kappa shape index (κ3) is 9.31. The largest absolute Gasteiger partial charge is 0.483 e. The minimum absolute atomic E-state index is 0.598. The molecule has 2 rings (SSSR count). The Morgan fingerprint density at radius 2 is 1.87 bits per heavy atom. The Hall–Kier alpha value is -2.03. The molecule has 1 aliphatic heterocycles. The van der Waals surface area contributed by atoms with Crippen molar-refractivity contribution in [2.45, 2.75) is 49.6 Å². The van der Waals surface area contributed by atoms with Crippen molar-refractivity contribution >= 4 is 15.6 Å². The molecule has 7 unspecified atom stereocenters. The molecule has 8 N–H and O–H groups in total. The Morgan fingerprint density at radius 1 is 1.18 bits per heavy atom. The van der Waals surface area contributed by atoms with Gasteiger partial charge in [0.25, 0.3) is 5.56 Å². The zero-order valence-corrected chi connectivity index (χ0v) is 20.8. The molecule has 0 bridgehead atoms. The van der Waals surface area contributed by atoms with Crippen LogP contribution in [0.2, 0.25) is 0 Å². The molecule has 23 heteroatoms. The zero-order valence-electron chi connectivity index (χ0n) is 19.0. The number of aromatic nitrogens is 2. The summed E-state index contributed by atoms with van der Waals surface area (Å²) in [5, 5.41) is 51.8. The number of hydrogen-bond donors (Lipinski definition) is 8. The highest BCUT2D eigenvalue weighted by Gasteiger charge is 2.48. The first-order chi connectivity index (χ1) is 17.7. The van der Waals surface area contributed by atoms with Crippen LogP contribution >= 0.6 is 15.6 Å². The van der Waals surface area contributed by atoms with E-state index in [-0.39, 0.29) is 0 Å². The molecule has 2 heterocycles. The number of azide groups is 1. The molecule has 0 spiro atoms. The van der Waals surface area contributed by atoms with Gasteiger partial charge in [-0.15, -0.1) is 0 Å². The summed E-state index contributed by atoms with van der Waals surface area (Å²) in [5.74, 6) is 0. The van der Waals surface area contributed by atoms with Crippen LogP contribution < -0.4 is 11.2 Å². The lowest BCUT2D eigenvalue weighted by Crippen LogP contribution is -2.58. The molecule has 1 saturated heterocycles. The normalized spacial score (nSPS) is 28.4. The summed E-state index contributed by atoms with van der Waals surface area (Å²) < 4.78 is 48.5. The maximum Gasteiger partial charge on any atom is 0.483 e. The molecule has 38 heavy (non-hydrogen) atoms. The van der Waals surface area contributed by atoms with Gasteiger partial charge in [0.2, 0.25) is 0 Å². The summed E-state index contributed by atoms with van der Waals surface area (Å²) >= 11 is 0. The van der Waals surface area contributed by atoms with Crippen molar-refractivity contribution < 1.29 is 67.3 Å². The maximum atomic E-state index is 12.3. The molecule has 1 aliphatic rings. The summed E-state index contributed by atoms with van der Waals surface area (Å²) in [7, 11) is -11.2. The summed E-state index contributed by atoms with van der Waals surface area (Å²) in [6.45, 7) is -3.25. The lowest BCUT2D eigenvalue weighted by Gasteiger charge is -2.39. The summed E-state index contributed by atoms with van der Waals surface area (Å²) in [6.07, 6.45) is -12.1. The van der Waals surface area contributed by atoms with Gasteiger partial charge >= 0.3 is 21.3 Å². The Labute approximate surface area is 211 Å². The molecule has 0 amide bonds. The first-order valence-electron chi connectivity index (χ1n) is 10.3. The molecule has 0 aromatic carbocycles. The Bertz CT molecular complexity index is 1190. The number of phosphoric ester groups is 2. The van der Waals surface area contributed by atoms with Gasteiger partial charge in [0.05, 0.1) is 25.9 Å². The number of hydrogen-bond acceptors (Lipinski definition) is 15. The maximum absolute atomic E-state index is 12.3. The van der Waals surface area contributed by atoms with Crippen LogP contribution in [0.3, 0.4) is 0 Å². The molecular formula is C15H25N5O16P2. The number of ether oxygens (including phenoxy) is 2. The number of aliphatic hydroxyl groups excluding tert-OH is 5. The molecular weight excluding hydrogens is 568 g/mol. The van der Waals surface area contributed by atoms with Gasteiger partial charge in [-0.25, -0.2) is 13.9 Å². The fraction of sp³-hybridized carbons (Fsp3) is 0.733. The average molecular weight is 593 g/mol. The quantitative estimate of drug-likeness (QED) is 0.0451. The van der Waals surface area contributed by atoms with E-state index in [1.807, 2.05) is 4.98 Å². The van der Waals surface area contributed by atoms with Crippen molar-refractivity contribution in [3.63, 3.8) is 0 Å². The number of nitrogens with one attached hydrogen (secondary N) is 1. The van der Waals surface area contributed by atoms with Gasteiger partial charge in [-0.3, -0.25) is 23.4 Å². The number of nitrogens with zero attached hydrogens (tertiary/aromatic N) is 4. The molecule has 0 aliphatic carbocycles. The predicted octanol–water partition coefficient (Wildman–Crippen LogP) is -3.40. The molecule has 9 atom stereocenters. The Morgan fingerprint density at radius 3 is 2.47 bits per heavy atom. The third-order valence-electron chi connectivity index (χ3n) is 4.78. The van der Waals surface area contributed by atoms with Gasteiger partial charge in [0, 0.05) is 17.2 Å². The van der Waals surface area contributed by atoms with Crippen LogP contribution in [0.1, 0.15) is 0 Å². The molecule has 0 radical (unpaired) electrons. The number of aliphatic hydroxyl groups is 5. The van der Waals surface area contributed by atoms with Crippen molar-refractivity contribution in [3.05, 3.63) is 43.5 Å². The van der Waals surface area contributed by atoms with Crippen LogP contribution in [-0.4, -0.2) is 108 Å². The van der Waals surface area contributed by atoms with Crippen LogP contribution in [0.4, 0.5) is 0 Å². The average Bonchev–Trinajstić information content (AvgIpc) is 2.83. The van der Waals surface area contributed by atoms with Crippen LogP contribution in [-0.2, 0) is 38.7 Å². The van der Waals surface area contributed by atoms with Crippen molar-refractivity contribution in [3.8, 4) is 0 Å². The van der Waals surface area contributed by atoms with Gasteiger partial charge in [0.1, 0.15) is 37.3 Å². The standard InChI is InChI=1S/C15H25N5O16P2/c16-19-17-3-8-11(24)12(25)13(26)14(34-8)35-38(30,31)36-37(28,29)33-5-9(7(22)4-21)32-6-20-2-1-10(23)18-15(20)27/h1-2,7-9,11-14,21-22,24-26H,3-6H2,(H,28,29)(H,30,31)(H,18,23,27)/t7?,8?,9-,11?,12?,13-,14?/m1/s1. The fourth-order valence-corrected chi connectivity index (χ4v) is 5.01. The highest BCUT2D eigenvalue weighted by atomic mass is 31.3. The van der Waals surface area contributed by atoms with E-state index in [0.29, 0.717) is 0 Å². The molecule has 0 saturated carbocycles. The van der Waals surface area contributed by atoms with E-state index in [1.54, 1.807) is 0 Å². The van der Waals surface area contributed by atoms with Gasteiger partial charge in [-0.05, 0) is 5.53 Å². The lowest BCUT2D eigenvalue weighted by atomic mass is 9.99. The van der Waals surface area contributed by atoms with E-state index in [4.69, 9.17) is 20.1 Å². The second-order valence-electron chi connectivity index (χ2n) is 7.51. The van der Waals surface area contributed by atoms with E-state index in [1.165, 1.54) is 0 Å². The monoisotopic (exact) mass is 593 g/mol. The molecule has 216 valence electrons. The third-order valence-corrected chi connectivity index (χ3v) is 7.38. The molecule has 1 aromatic heterocycles. The van der Waals surface area contributed by atoms with E-state index < -0.39 is 96.3 Å². The molecule has 1 fully saturated rings. The lowest BCUT2D eigenvalue weighted by molar-refractivity contribution is -0.272. The second-order valence-corrected chi connectivity index (χ2v) is 10.5. The van der Waals surface area contributed by atoms with Crippen molar-refractivity contribution in [2.24, 2.45) is 5.11 Å². The SMILES string of the molecule is [N-]=[N+]=NCC1OC(OP(=O)(O)OP(=O)(O)OC[C@@H](OCn2ccc(=O)[nH]c2=O)C(O)CO)[C@H](O)C(O)C1O. The zero-order chi connectivity index (χ0) is 28.7. The smallest absolute Gasteiger partial charge is 0.394 e. The van der Waals surface area contributed by atoms with Gasteiger partial charge in [-0.1, -0.05) is 5.11 Å². The second kappa shape index (κ2) is 13.9. The fourth-order valence-electron chi connectivity index (χ4n) is 2.85. The van der Waals surface area contributed by atoms with Crippen molar-refractivity contribution in [1.82, 2.24) is 9.55 Å². The Kier molecular flexibility index (Phi) is 11.7. The van der Waals surface area contributed by atoms with E-state index in [9.17, 15) is 48.9 Å². The summed E-state index contributed by atoms with van der Waals surface area (Å²) in [4.78, 5) is 46.8. The predicted molar refractivity (Wildman–Crippen MR) is 118 cm³/mol. The topological polar surface area (TPSA) is 326 Å². The van der Waals surface area contributed by atoms with Crippen LogP contribution in [0.5, 0.6) is 0 Å². The van der Waals surface area contributed by atoms with Crippen molar-refractivity contribution in [2.75, 3.05) is 19.8 Å². The first kappa shape index (κ1) is 32.2. The Balaban J connectivity index is 2.03. The van der Waals surface area contributed by atoms with E-state index in [2.05, 4.69) is 23.4 Å². The van der Waals surface area contributed by atoms with Crippen LogP contribution in [0, 0.1) is 0 Å². The first-order valence-corrected chi connectivity index (χ1v) is 13.3. The van der Waals surface area contributed by atoms with Gasteiger partial charge < -0.3 is 44.8 Å². The number of phosphoric acid groups is 2. The minimum Gasteiger partial charge on any atom is -0.394 e. The van der Waals surface area contributed by atoms with E-state index >= 15 is 0 Å². The number of rotatable bonds is 14. The van der Waals surface area contributed by atoms with Crippen LogP contribution in [0.15, 0.2) is 27.0 Å². The molecule has 1 aromatic rings. The number of aromatic amines is 1. The minimum atomic E-state index is -5.63. The van der Waals surface area contributed by atoms with Crippen LogP contribution in [0.25, 0.3) is 10.4 Å². The van der Waals surface area contributed by atoms with E-state index in [0.717, 1.165) is 16.8 Å². The van der Waals surface area contributed by atoms with Gasteiger partial charge in [-0.2, -0.15) is 4.31 Å². The summed E-state index contributed by atoms with van der Waals surface area (Å²) in [6, 6.07) is 0.971. The highest BCUT2D eigenvalue weighted by molar-refractivity contribution is 7.61. The van der Waals surface area contributed by atoms with Crippen molar-refractivity contribution in [1.29, 1.82) is 0 Å². The number of H-pyrrole nitrogens is 1. The highest BCUT2D eigenvalue weighted by Crippen LogP contribution is 2.61.